The van der Waals surface area contributed by atoms with Gasteiger partial charge in [-0.15, -0.1) is 0 Å². The van der Waals surface area contributed by atoms with Crippen molar-refractivity contribution in [1.82, 2.24) is 4.98 Å². The van der Waals surface area contributed by atoms with E-state index in [1.807, 2.05) is 33.8 Å². The van der Waals surface area contributed by atoms with Crippen LogP contribution in [0.25, 0.3) is 11.1 Å². The Balaban J connectivity index is 0.00000127. The predicted molar refractivity (Wildman–Crippen MR) is 99.2 cm³/mol. The number of hydrogen-bond donors (Lipinski definition) is 1. The van der Waals surface area contributed by atoms with Crippen LogP contribution in [0.15, 0.2) is 36.5 Å². The maximum Gasteiger partial charge on any atom is 0.180 e. The van der Waals surface area contributed by atoms with E-state index in [0.29, 0.717) is 5.69 Å². The molecule has 1 aromatic carbocycles. The van der Waals surface area contributed by atoms with Gasteiger partial charge in [0.2, 0.25) is 0 Å². The lowest BCUT2D eigenvalue weighted by atomic mass is 10.0. The average Bonchev–Trinajstić information content (AvgIpc) is 2.56. The minimum Gasteiger partial charge on any atom is -0.381 e. The van der Waals surface area contributed by atoms with Crippen LogP contribution in [0.5, 0.6) is 0 Å². The van der Waals surface area contributed by atoms with Gasteiger partial charge in [-0.25, -0.2) is 0 Å². The molecular formula is C20H28N2O. The molecule has 0 saturated carbocycles. The normalized spacial score (nSPS) is 10.0. The van der Waals surface area contributed by atoms with Crippen LogP contribution in [0.3, 0.4) is 0 Å². The molecule has 2 aromatic rings. The Kier molecular flexibility index (Phi) is 7.46. The summed E-state index contributed by atoms with van der Waals surface area (Å²) in [6.07, 6.45) is 2.78. The molecule has 124 valence electrons. The van der Waals surface area contributed by atoms with Crippen LogP contribution in [0, 0.1) is 0 Å². The summed E-state index contributed by atoms with van der Waals surface area (Å²) >= 11 is 0. The van der Waals surface area contributed by atoms with E-state index >= 15 is 0 Å². The van der Waals surface area contributed by atoms with E-state index in [1.54, 1.807) is 13.1 Å². The number of Topliss-reactive ketones (excluding diaryl/α,β-unsaturated/α-hetero) is 1. The Hall–Kier alpha value is -2.16. The van der Waals surface area contributed by atoms with Gasteiger partial charge in [0, 0.05) is 24.7 Å². The van der Waals surface area contributed by atoms with Crippen LogP contribution < -0.4 is 5.32 Å². The number of nitrogens with one attached hydrogen (secondary N) is 1. The van der Waals surface area contributed by atoms with Crippen LogP contribution in [0.2, 0.25) is 0 Å². The standard InChI is InChI=1S/C18H22N2O.C2H6/c1-5-14-7-6-8-15(9-14)16-10-17(20-12(2)3)18(13(4)21)19-11-16;1-2/h6-12,20H,5H2,1-4H3;1-2H3. The van der Waals surface area contributed by atoms with Crippen LogP contribution in [-0.2, 0) is 6.42 Å². The highest BCUT2D eigenvalue weighted by Crippen LogP contribution is 2.25. The average molecular weight is 312 g/mol. The highest BCUT2D eigenvalue weighted by Gasteiger charge is 2.12. The Morgan fingerprint density at radius 3 is 2.43 bits per heavy atom. The van der Waals surface area contributed by atoms with Crippen LogP contribution in [0.1, 0.15) is 57.6 Å². The van der Waals surface area contributed by atoms with Gasteiger partial charge in [-0.1, -0.05) is 45.0 Å². The maximum absolute atomic E-state index is 11.7. The molecule has 1 N–H and O–H groups in total. The molecule has 0 spiro atoms. The van der Waals surface area contributed by atoms with Gasteiger partial charge < -0.3 is 5.32 Å². The number of aromatic nitrogens is 1. The number of rotatable bonds is 5. The molecule has 0 fully saturated rings. The molecule has 1 heterocycles. The van der Waals surface area contributed by atoms with Crippen molar-refractivity contribution in [3.63, 3.8) is 0 Å². The van der Waals surface area contributed by atoms with E-state index in [4.69, 9.17) is 0 Å². The Bertz CT molecular complexity index is 648. The van der Waals surface area contributed by atoms with Gasteiger partial charge in [0.1, 0.15) is 5.69 Å². The van der Waals surface area contributed by atoms with E-state index in [1.165, 1.54) is 5.56 Å². The molecule has 0 aliphatic rings. The molecule has 0 radical (unpaired) electrons. The molecule has 0 bridgehead atoms. The maximum atomic E-state index is 11.7. The van der Waals surface area contributed by atoms with E-state index < -0.39 is 0 Å². The summed E-state index contributed by atoms with van der Waals surface area (Å²) in [5.41, 5.74) is 4.75. The highest BCUT2D eigenvalue weighted by atomic mass is 16.1. The molecular weight excluding hydrogens is 284 g/mol. The Morgan fingerprint density at radius 2 is 1.87 bits per heavy atom. The zero-order chi connectivity index (χ0) is 17.4. The molecule has 0 unspecified atom stereocenters. The summed E-state index contributed by atoms with van der Waals surface area (Å²) in [4.78, 5) is 16.0. The summed E-state index contributed by atoms with van der Waals surface area (Å²) < 4.78 is 0. The third-order valence-electron chi connectivity index (χ3n) is 3.33. The van der Waals surface area contributed by atoms with Gasteiger partial charge >= 0.3 is 0 Å². The number of anilines is 1. The number of aryl methyl sites for hydroxylation is 1. The number of ketones is 1. The largest absolute Gasteiger partial charge is 0.381 e. The first kappa shape index (κ1) is 18.9. The Morgan fingerprint density at radius 1 is 1.17 bits per heavy atom. The fourth-order valence-electron chi connectivity index (χ4n) is 2.30. The van der Waals surface area contributed by atoms with E-state index in [9.17, 15) is 4.79 Å². The van der Waals surface area contributed by atoms with Crippen molar-refractivity contribution in [2.75, 3.05) is 5.32 Å². The fourth-order valence-corrected chi connectivity index (χ4v) is 2.30. The third kappa shape index (κ3) is 5.20. The first-order valence-electron chi connectivity index (χ1n) is 8.38. The van der Waals surface area contributed by atoms with E-state index in [2.05, 4.69) is 41.5 Å². The molecule has 0 amide bonds. The zero-order valence-corrected chi connectivity index (χ0v) is 15.1. The van der Waals surface area contributed by atoms with E-state index in [-0.39, 0.29) is 11.8 Å². The SMILES string of the molecule is CC.CCc1cccc(-c2cnc(C(C)=O)c(NC(C)C)c2)c1. The summed E-state index contributed by atoms with van der Waals surface area (Å²) in [5.74, 6) is -0.0213. The topological polar surface area (TPSA) is 42.0 Å². The molecule has 0 atom stereocenters. The lowest BCUT2D eigenvalue weighted by Gasteiger charge is -2.14. The summed E-state index contributed by atoms with van der Waals surface area (Å²) in [7, 11) is 0. The van der Waals surface area contributed by atoms with Gasteiger partial charge in [0.15, 0.2) is 5.78 Å². The molecule has 3 nitrogen and oxygen atoms in total. The zero-order valence-electron chi connectivity index (χ0n) is 15.1. The molecule has 23 heavy (non-hydrogen) atoms. The second-order valence-electron chi connectivity index (χ2n) is 5.53. The molecule has 1 aromatic heterocycles. The molecule has 0 saturated heterocycles. The van der Waals surface area contributed by atoms with Crippen LogP contribution in [-0.4, -0.2) is 16.8 Å². The van der Waals surface area contributed by atoms with Gasteiger partial charge in [0.25, 0.3) is 0 Å². The number of hydrogen-bond acceptors (Lipinski definition) is 3. The van der Waals surface area contributed by atoms with Crippen LogP contribution in [0.4, 0.5) is 5.69 Å². The van der Waals surface area contributed by atoms with Gasteiger partial charge in [-0.3, -0.25) is 9.78 Å². The lowest BCUT2D eigenvalue weighted by molar-refractivity contribution is 0.101. The molecule has 0 aliphatic heterocycles. The van der Waals surface area contributed by atoms with Gasteiger partial charge in [-0.05, 0) is 37.5 Å². The predicted octanol–water partition coefficient (Wildman–Crippen LogP) is 5.36. The summed E-state index contributed by atoms with van der Waals surface area (Å²) in [6, 6.07) is 10.7. The number of benzene rings is 1. The quantitative estimate of drug-likeness (QED) is 0.756. The van der Waals surface area contributed by atoms with Gasteiger partial charge in [-0.2, -0.15) is 0 Å². The third-order valence-corrected chi connectivity index (χ3v) is 3.33. The van der Waals surface area contributed by atoms with Crippen molar-refractivity contribution >= 4 is 11.5 Å². The van der Waals surface area contributed by atoms with E-state index in [0.717, 1.165) is 23.2 Å². The minimum absolute atomic E-state index is 0.0213. The van der Waals surface area contributed by atoms with Crippen molar-refractivity contribution in [1.29, 1.82) is 0 Å². The molecule has 3 heteroatoms. The number of nitrogens with zero attached hydrogens (tertiary/aromatic N) is 1. The van der Waals surface area contributed by atoms with Crippen molar-refractivity contribution in [3.8, 4) is 11.1 Å². The summed E-state index contributed by atoms with van der Waals surface area (Å²) in [5, 5.41) is 3.31. The molecule has 0 aliphatic carbocycles. The molecule has 2 rings (SSSR count). The van der Waals surface area contributed by atoms with Crippen LogP contribution >= 0.6 is 0 Å². The number of carbonyl (C=O) groups is 1. The van der Waals surface area contributed by atoms with Crippen molar-refractivity contribution in [2.45, 2.75) is 54.0 Å². The summed E-state index contributed by atoms with van der Waals surface area (Å²) in [6.45, 7) is 11.8. The van der Waals surface area contributed by atoms with Crippen molar-refractivity contribution in [2.24, 2.45) is 0 Å². The Labute approximate surface area is 140 Å². The lowest BCUT2D eigenvalue weighted by Crippen LogP contribution is -2.14. The second kappa shape index (κ2) is 9.09. The first-order chi connectivity index (χ1) is 11.0. The minimum atomic E-state index is -0.0213. The van der Waals surface area contributed by atoms with Crippen molar-refractivity contribution < 1.29 is 4.79 Å². The number of carbonyl (C=O) groups excluding carboxylic acids is 1. The second-order valence-corrected chi connectivity index (χ2v) is 5.53. The monoisotopic (exact) mass is 312 g/mol. The first-order valence-corrected chi connectivity index (χ1v) is 8.38. The number of pyridine rings is 1. The van der Waals surface area contributed by atoms with Gasteiger partial charge in [0.05, 0.1) is 5.69 Å². The van der Waals surface area contributed by atoms with Crippen molar-refractivity contribution in [3.05, 3.63) is 47.8 Å². The smallest absolute Gasteiger partial charge is 0.180 e. The highest BCUT2D eigenvalue weighted by molar-refractivity contribution is 5.98. The fraction of sp³-hybridized carbons (Fsp3) is 0.400.